The van der Waals surface area contributed by atoms with E-state index in [1.807, 2.05) is 31.2 Å². The van der Waals surface area contributed by atoms with Gasteiger partial charge in [-0.25, -0.2) is 4.98 Å². The third-order valence-electron chi connectivity index (χ3n) is 5.06. The Bertz CT molecular complexity index is 1490. The number of aromatic nitrogens is 3. The maximum atomic E-state index is 14.9. The number of H-pyrrole nitrogens is 1. The van der Waals surface area contributed by atoms with Crippen LogP contribution in [0.25, 0.3) is 33.1 Å². The zero-order chi connectivity index (χ0) is 20.2. The Morgan fingerprint density at radius 3 is 2.45 bits per heavy atom. The minimum absolute atomic E-state index is 0.0782. The van der Waals surface area contributed by atoms with Crippen LogP contribution < -0.4 is 0 Å². The highest BCUT2D eigenvalue weighted by Gasteiger charge is 2.23. The minimum atomic E-state index is -3.96. The lowest BCUT2D eigenvalue weighted by molar-refractivity contribution is 0.556. The van der Waals surface area contributed by atoms with Gasteiger partial charge in [-0.1, -0.05) is 42.5 Å². The molecule has 0 aliphatic carbocycles. The second-order valence-corrected chi connectivity index (χ2v) is 8.64. The summed E-state index contributed by atoms with van der Waals surface area (Å²) in [6.07, 6.45) is 0. The van der Waals surface area contributed by atoms with E-state index in [1.165, 1.54) is 12.1 Å². The van der Waals surface area contributed by atoms with Crippen molar-refractivity contribution in [2.75, 3.05) is 0 Å². The van der Waals surface area contributed by atoms with Crippen molar-refractivity contribution < 1.29 is 12.8 Å². The Hall–Kier alpha value is -3.45. The number of hydrogen-bond acceptors (Lipinski definition) is 3. The molecule has 0 aliphatic heterocycles. The summed E-state index contributed by atoms with van der Waals surface area (Å²) >= 11 is 0. The first-order chi connectivity index (χ1) is 14.0. The zero-order valence-corrected chi connectivity index (χ0v) is 16.2. The van der Waals surface area contributed by atoms with Gasteiger partial charge in [-0.2, -0.15) is 16.9 Å². The van der Waals surface area contributed by atoms with E-state index in [0.29, 0.717) is 10.9 Å². The van der Waals surface area contributed by atoms with Gasteiger partial charge in [0.1, 0.15) is 0 Å². The Kier molecular flexibility index (Phi) is 3.82. The topological polar surface area (TPSA) is 67.8 Å². The predicted octanol–water partition coefficient (Wildman–Crippen LogP) is 4.87. The van der Waals surface area contributed by atoms with Gasteiger partial charge in [0.05, 0.1) is 27.0 Å². The van der Waals surface area contributed by atoms with Crippen molar-refractivity contribution in [3.05, 3.63) is 84.3 Å². The third-order valence-corrected chi connectivity index (χ3v) is 6.70. The predicted molar refractivity (Wildman–Crippen MR) is 111 cm³/mol. The highest BCUT2D eigenvalue weighted by Crippen LogP contribution is 2.33. The van der Waals surface area contributed by atoms with E-state index < -0.39 is 16.0 Å². The second kappa shape index (κ2) is 6.28. The van der Waals surface area contributed by atoms with E-state index in [2.05, 4.69) is 10.1 Å². The van der Waals surface area contributed by atoms with E-state index in [4.69, 9.17) is 0 Å². The first-order valence-electron chi connectivity index (χ1n) is 9.03. The van der Waals surface area contributed by atoms with Crippen LogP contribution in [0, 0.1) is 12.9 Å². The summed E-state index contributed by atoms with van der Waals surface area (Å²) in [6.45, 7) is 1.99. The van der Waals surface area contributed by atoms with Gasteiger partial charge in [-0.05, 0) is 42.8 Å². The monoisotopic (exact) mass is 405 g/mol. The molecule has 1 N–H and O–H groups in total. The molecule has 0 amide bonds. The normalized spacial score (nSPS) is 12.1. The molecule has 5 nitrogen and oxygen atoms in total. The quantitative estimate of drug-likeness (QED) is 0.466. The number of aromatic amines is 1. The van der Waals surface area contributed by atoms with E-state index in [1.54, 1.807) is 36.4 Å². The zero-order valence-electron chi connectivity index (χ0n) is 15.4. The standard InChI is InChI=1S/C22H16FN3O2S/c1-14-7-5-6-10-16(14)19-13-17-18(24-19)11-12-20-21(17)22(23)25-26(20)29(27,28)15-8-3-2-4-9-15/h2-13,25H,1H3. The first-order valence-corrected chi connectivity index (χ1v) is 10.5. The molecule has 144 valence electrons. The number of halogens is 1. The smallest absolute Gasteiger partial charge is 0.258 e. The second-order valence-electron chi connectivity index (χ2n) is 6.86. The molecule has 0 saturated carbocycles. The van der Waals surface area contributed by atoms with Gasteiger partial charge in [0.15, 0.2) is 0 Å². The largest absolute Gasteiger partial charge is 0.281 e. The van der Waals surface area contributed by atoms with Crippen LogP contribution in [0.4, 0.5) is 4.39 Å². The number of hydrogen-bond donors (Lipinski definition) is 1. The average Bonchev–Trinajstić information content (AvgIpc) is 3.30. The lowest BCUT2D eigenvalue weighted by Gasteiger charge is -2.06. The summed E-state index contributed by atoms with van der Waals surface area (Å²) in [4.78, 5) is 4.70. The Morgan fingerprint density at radius 2 is 1.69 bits per heavy atom. The van der Waals surface area contributed by atoms with Crippen molar-refractivity contribution in [2.24, 2.45) is 0 Å². The summed E-state index contributed by atoms with van der Waals surface area (Å²) < 4.78 is 41.8. The fourth-order valence-corrected chi connectivity index (χ4v) is 4.95. The Balaban J connectivity index is 1.77. The Labute approximate surface area is 166 Å². The number of nitrogens with zero attached hydrogens (tertiary/aromatic N) is 2. The van der Waals surface area contributed by atoms with Crippen LogP contribution in [0.5, 0.6) is 0 Å². The minimum Gasteiger partial charge on any atom is -0.258 e. The average molecular weight is 405 g/mol. The fraction of sp³-hybridized carbons (Fsp3) is 0.0455. The molecular weight excluding hydrogens is 389 g/mol. The number of nitrogens with one attached hydrogen (secondary N) is 1. The van der Waals surface area contributed by atoms with Crippen LogP contribution in [0.2, 0.25) is 0 Å². The number of fused-ring (bicyclic) bond motifs is 3. The number of benzene rings is 3. The van der Waals surface area contributed by atoms with Crippen molar-refractivity contribution in [1.29, 1.82) is 0 Å². The van der Waals surface area contributed by atoms with Gasteiger partial charge in [0.25, 0.3) is 10.0 Å². The van der Waals surface area contributed by atoms with Crippen LogP contribution >= 0.6 is 0 Å². The summed E-state index contributed by atoms with van der Waals surface area (Å²) in [7, 11) is -3.96. The van der Waals surface area contributed by atoms with Gasteiger partial charge < -0.3 is 0 Å². The molecule has 2 heterocycles. The molecule has 7 heteroatoms. The van der Waals surface area contributed by atoms with Crippen molar-refractivity contribution in [3.63, 3.8) is 0 Å². The van der Waals surface area contributed by atoms with Gasteiger partial charge in [-0.15, -0.1) is 0 Å². The van der Waals surface area contributed by atoms with Crippen LogP contribution in [-0.4, -0.2) is 22.6 Å². The summed E-state index contributed by atoms with van der Waals surface area (Å²) in [5.41, 5.74) is 3.59. The maximum Gasteiger partial charge on any atom is 0.281 e. The number of rotatable bonds is 3. The highest BCUT2D eigenvalue weighted by molar-refractivity contribution is 7.90. The van der Waals surface area contributed by atoms with Gasteiger partial charge in [0.2, 0.25) is 5.95 Å². The molecular formula is C22H16FN3O2S. The van der Waals surface area contributed by atoms with Gasteiger partial charge >= 0.3 is 0 Å². The molecule has 0 aliphatic rings. The van der Waals surface area contributed by atoms with Crippen molar-refractivity contribution in [1.82, 2.24) is 14.2 Å². The molecule has 5 aromatic rings. The molecule has 0 spiro atoms. The number of aryl methyl sites for hydroxylation is 1. The molecule has 0 bridgehead atoms. The Morgan fingerprint density at radius 1 is 0.966 bits per heavy atom. The molecule has 0 radical (unpaired) electrons. The van der Waals surface area contributed by atoms with E-state index in [0.717, 1.165) is 20.9 Å². The molecule has 0 saturated heterocycles. The first kappa shape index (κ1) is 17.6. The van der Waals surface area contributed by atoms with E-state index in [9.17, 15) is 12.8 Å². The summed E-state index contributed by atoms with van der Waals surface area (Å²) in [5.74, 6) is -0.714. The van der Waals surface area contributed by atoms with E-state index in [-0.39, 0.29) is 15.8 Å². The van der Waals surface area contributed by atoms with Crippen molar-refractivity contribution in [2.45, 2.75) is 11.8 Å². The summed E-state index contributed by atoms with van der Waals surface area (Å²) in [6, 6.07) is 20.8. The molecule has 3 aromatic carbocycles. The van der Waals surface area contributed by atoms with Gasteiger partial charge in [-0.3, -0.25) is 5.10 Å². The fourth-order valence-electron chi connectivity index (χ4n) is 3.63. The van der Waals surface area contributed by atoms with Gasteiger partial charge in [0, 0.05) is 10.9 Å². The molecule has 0 unspecified atom stereocenters. The summed E-state index contributed by atoms with van der Waals surface area (Å²) in [5, 5.41) is 3.15. The molecule has 2 aromatic heterocycles. The van der Waals surface area contributed by atoms with Crippen LogP contribution in [-0.2, 0) is 10.0 Å². The highest BCUT2D eigenvalue weighted by atomic mass is 32.2. The third kappa shape index (κ3) is 2.66. The molecule has 29 heavy (non-hydrogen) atoms. The van der Waals surface area contributed by atoms with Crippen LogP contribution in [0.3, 0.4) is 0 Å². The van der Waals surface area contributed by atoms with E-state index >= 15 is 0 Å². The molecule has 0 atom stereocenters. The molecule has 0 fully saturated rings. The van der Waals surface area contributed by atoms with Crippen LogP contribution in [0.15, 0.2) is 77.7 Å². The van der Waals surface area contributed by atoms with Crippen molar-refractivity contribution in [3.8, 4) is 11.3 Å². The van der Waals surface area contributed by atoms with Crippen molar-refractivity contribution >= 4 is 31.8 Å². The molecule has 5 rings (SSSR count). The van der Waals surface area contributed by atoms with Crippen LogP contribution in [0.1, 0.15) is 5.56 Å². The lowest BCUT2D eigenvalue weighted by Crippen LogP contribution is -2.14. The lowest BCUT2D eigenvalue weighted by atomic mass is 10.1. The maximum absolute atomic E-state index is 14.9. The SMILES string of the molecule is Cc1ccccc1-c1cc2c(ccc3c2c(F)[nH]n3S(=O)(=O)c2ccccc2)n1.